The van der Waals surface area contributed by atoms with Crippen molar-refractivity contribution in [2.45, 2.75) is 44.9 Å². The summed E-state index contributed by atoms with van der Waals surface area (Å²) >= 11 is 0. The maximum Gasteiger partial charge on any atom is 0.0660 e. The number of terminal acetylenes is 1. The van der Waals surface area contributed by atoms with E-state index >= 15 is 0 Å². The molecule has 1 aliphatic carbocycles. The van der Waals surface area contributed by atoms with Gasteiger partial charge in [0.1, 0.15) is 0 Å². The van der Waals surface area contributed by atoms with Crippen molar-refractivity contribution in [3.8, 4) is 12.3 Å². The zero-order chi connectivity index (χ0) is 8.97. The van der Waals surface area contributed by atoms with E-state index in [4.69, 9.17) is 11.2 Å². The maximum atomic E-state index is 5.43. The molecule has 0 spiro atoms. The minimum atomic E-state index is 0.192. The number of nitrogens with one attached hydrogen (secondary N) is 1. The normalized spacial score (nSPS) is 30.4. The van der Waals surface area contributed by atoms with E-state index in [1.54, 1.807) is 0 Å². The van der Waals surface area contributed by atoms with Gasteiger partial charge in [0.2, 0.25) is 0 Å². The van der Waals surface area contributed by atoms with Crippen molar-refractivity contribution in [2.75, 3.05) is 6.61 Å². The molecule has 68 valence electrons. The SMILES string of the molecule is C#CC(C)NC1CC(OCC)C1. The minimum absolute atomic E-state index is 0.192. The smallest absolute Gasteiger partial charge is 0.0660 e. The first kappa shape index (κ1) is 9.57. The van der Waals surface area contributed by atoms with E-state index in [0.717, 1.165) is 19.4 Å². The Morgan fingerprint density at radius 2 is 2.33 bits per heavy atom. The molecule has 0 heterocycles. The molecule has 1 saturated carbocycles. The third-order valence-corrected chi connectivity index (χ3v) is 2.23. The standard InChI is InChI=1S/C10H17NO/c1-4-8(3)11-9-6-10(7-9)12-5-2/h1,8-11H,5-7H2,2-3H3. The molecule has 2 heteroatoms. The van der Waals surface area contributed by atoms with E-state index in [0.29, 0.717) is 12.1 Å². The molecule has 0 aromatic carbocycles. The Morgan fingerprint density at radius 1 is 1.67 bits per heavy atom. The fourth-order valence-electron chi connectivity index (χ4n) is 1.48. The van der Waals surface area contributed by atoms with Crippen LogP contribution in [0.2, 0.25) is 0 Å². The van der Waals surface area contributed by atoms with Gasteiger partial charge in [-0.3, -0.25) is 0 Å². The second-order valence-electron chi connectivity index (χ2n) is 3.30. The molecule has 1 N–H and O–H groups in total. The number of ether oxygens (including phenoxy) is 1. The van der Waals surface area contributed by atoms with Gasteiger partial charge in [-0.2, -0.15) is 0 Å². The summed E-state index contributed by atoms with van der Waals surface area (Å²) in [7, 11) is 0. The lowest BCUT2D eigenvalue weighted by atomic mass is 9.89. The molecule has 1 aliphatic rings. The Bertz CT molecular complexity index is 167. The highest BCUT2D eigenvalue weighted by Crippen LogP contribution is 2.23. The van der Waals surface area contributed by atoms with Gasteiger partial charge in [0.25, 0.3) is 0 Å². The summed E-state index contributed by atoms with van der Waals surface area (Å²) in [5.41, 5.74) is 0. The van der Waals surface area contributed by atoms with Crippen molar-refractivity contribution in [1.29, 1.82) is 0 Å². The van der Waals surface area contributed by atoms with Gasteiger partial charge < -0.3 is 10.1 Å². The molecule has 0 aromatic rings. The van der Waals surface area contributed by atoms with E-state index in [1.165, 1.54) is 0 Å². The van der Waals surface area contributed by atoms with E-state index in [2.05, 4.69) is 11.2 Å². The largest absolute Gasteiger partial charge is 0.378 e. The first-order chi connectivity index (χ1) is 5.76. The van der Waals surface area contributed by atoms with Gasteiger partial charge in [-0.15, -0.1) is 6.42 Å². The van der Waals surface area contributed by atoms with Crippen molar-refractivity contribution >= 4 is 0 Å². The molecule has 1 fully saturated rings. The van der Waals surface area contributed by atoms with Crippen molar-refractivity contribution in [3.05, 3.63) is 0 Å². The summed E-state index contributed by atoms with van der Waals surface area (Å²) in [5.74, 6) is 2.66. The molecule has 0 aromatic heterocycles. The Hall–Kier alpha value is -0.520. The van der Waals surface area contributed by atoms with Gasteiger partial charge in [-0.25, -0.2) is 0 Å². The van der Waals surface area contributed by atoms with Crippen LogP contribution in [0.1, 0.15) is 26.7 Å². The zero-order valence-electron chi connectivity index (χ0n) is 7.84. The van der Waals surface area contributed by atoms with Crippen LogP contribution in [0, 0.1) is 12.3 Å². The fraction of sp³-hybridized carbons (Fsp3) is 0.800. The van der Waals surface area contributed by atoms with Crippen LogP contribution in [-0.2, 0) is 4.74 Å². The van der Waals surface area contributed by atoms with Crippen LogP contribution in [0.5, 0.6) is 0 Å². The molecule has 0 aliphatic heterocycles. The predicted molar refractivity (Wildman–Crippen MR) is 49.9 cm³/mol. The van der Waals surface area contributed by atoms with Crippen molar-refractivity contribution < 1.29 is 4.74 Å². The van der Waals surface area contributed by atoms with Crippen molar-refractivity contribution in [1.82, 2.24) is 5.32 Å². The molecule has 2 nitrogen and oxygen atoms in total. The number of rotatable bonds is 4. The van der Waals surface area contributed by atoms with E-state index in [-0.39, 0.29) is 6.04 Å². The van der Waals surface area contributed by atoms with Crippen molar-refractivity contribution in [2.24, 2.45) is 0 Å². The van der Waals surface area contributed by atoms with Gasteiger partial charge in [0.05, 0.1) is 12.1 Å². The first-order valence-electron chi connectivity index (χ1n) is 4.60. The van der Waals surface area contributed by atoms with Crippen molar-refractivity contribution in [3.63, 3.8) is 0 Å². The summed E-state index contributed by atoms with van der Waals surface area (Å²) in [6.07, 6.45) is 7.94. The fourth-order valence-corrected chi connectivity index (χ4v) is 1.48. The lowest BCUT2D eigenvalue weighted by Gasteiger charge is -2.36. The summed E-state index contributed by atoms with van der Waals surface area (Å²) in [5, 5.41) is 3.34. The minimum Gasteiger partial charge on any atom is -0.378 e. The highest BCUT2D eigenvalue weighted by molar-refractivity contribution is 4.99. The molecular formula is C10H17NO. The van der Waals surface area contributed by atoms with Crippen LogP contribution in [0.3, 0.4) is 0 Å². The van der Waals surface area contributed by atoms with Crippen LogP contribution in [-0.4, -0.2) is 24.8 Å². The molecule has 1 unspecified atom stereocenters. The summed E-state index contributed by atoms with van der Waals surface area (Å²) in [4.78, 5) is 0. The highest BCUT2D eigenvalue weighted by Gasteiger charge is 2.29. The van der Waals surface area contributed by atoms with Crippen LogP contribution < -0.4 is 5.32 Å². The highest BCUT2D eigenvalue weighted by atomic mass is 16.5. The molecule has 0 saturated heterocycles. The predicted octanol–water partition coefficient (Wildman–Crippen LogP) is 1.17. The van der Waals surface area contributed by atoms with Gasteiger partial charge in [0.15, 0.2) is 0 Å². The van der Waals surface area contributed by atoms with Gasteiger partial charge in [-0.1, -0.05) is 5.92 Å². The number of hydrogen-bond acceptors (Lipinski definition) is 2. The summed E-state index contributed by atoms with van der Waals surface area (Å²) in [6.45, 7) is 4.86. The molecule has 0 amide bonds. The van der Waals surface area contributed by atoms with Gasteiger partial charge in [-0.05, 0) is 26.7 Å². The topological polar surface area (TPSA) is 21.3 Å². The van der Waals surface area contributed by atoms with Crippen LogP contribution in [0.25, 0.3) is 0 Å². The second-order valence-corrected chi connectivity index (χ2v) is 3.30. The van der Waals surface area contributed by atoms with E-state index in [9.17, 15) is 0 Å². The van der Waals surface area contributed by atoms with E-state index in [1.807, 2.05) is 13.8 Å². The lowest BCUT2D eigenvalue weighted by molar-refractivity contribution is -0.0106. The molecule has 0 bridgehead atoms. The van der Waals surface area contributed by atoms with E-state index < -0.39 is 0 Å². The van der Waals surface area contributed by atoms with Crippen LogP contribution in [0.15, 0.2) is 0 Å². The first-order valence-corrected chi connectivity index (χ1v) is 4.60. The Kier molecular flexibility index (Phi) is 3.58. The lowest BCUT2D eigenvalue weighted by Crippen LogP contribution is -2.48. The Morgan fingerprint density at radius 3 is 2.83 bits per heavy atom. The molecule has 12 heavy (non-hydrogen) atoms. The molecule has 1 atom stereocenters. The monoisotopic (exact) mass is 167 g/mol. The second kappa shape index (κ2) is 4.49. The quantitative estimate of drug-likeness (QED) is 0.634. The average Bonchev–Trinajstić information content (AvgIpc) is 2.00. The van der Waals surface area contributed by atoms with Gasteiger partial charge >= 0.3 is 0 Å². The molecule has 0 radical (unpaired) electrons. The third-order valence-electron chi connectivity index (χ3n) is 2.23. The summed E-state index contributed by atoms with van der Waals surface area (Å²) in [6, 6.07) is 0.769. The third kappa shape index (κ3) is 2.51. The van der Waals surface area contributed by atoms with Crippen LogP contribution >= 0.6 is 0 Å². The Labute approximate surface area is 74.7 Å². The Balaban J connectivity index is 2.06. The maximum absolute atomic E-state index is 5.43. The number of hydrogen-bond donors (Lipinski definition) is 1. The zero-order valence-corrected chi connectivity index (χ0v) is 7.84. The summed E-state index contributed by atoms with van der Waals surface area (Å²) < 4.78 is 5.43. The average molecular weight is 167 g/mol. The molecule has 1 rings (SSSR count). The van der Waals surface area contributed by atoms with Crippen LogP contribution in [0.4, 0.5) is 0 Å². The van der Waals surface area contributed by atoms with Gasteiger partial charge in [0, 0.05) is 12.6 Å². The molecular weight excluding hydrogens is 150 g/mol.